The van der Waals surface area contributed by atoms with Crippen LogP contribution in [0.25, 0.3) is 0 Å². The summed E-state index contributed by atoms with van der Waals surface area (Å²) < 4.78 is 0. The third-order valence-electron chi connectivity index (χ3n) is 2.06. The smallest absolute Gasteiger partial charge is 0.305 e. The highest BCUT2D eigenvalue weighted by atomic mass is 35.5. The maximum Gasteiger partial charge on any atom is 0.305 e. The van der Waals surface area contributed by atoms with Gasteiger partial charge in [0.2, 0.25) is 0 Å². The molecule has 1 rings (SSSR count). The van der Waals surface area contributed by atoms with Crippen molar-refractivity contribution in [2.75, 3.05) is 5.73 Å². The summed E-state index contributed by atoms with van der Waals surface area (Å²) in [6, 6.07) is 6.97. The highest BCUT2D eigenvalue weighted by molar-refractivity contribution is 5.85. The van der Waals surface area contributed by atoms with Crippen molar-refractivity contribution in [3.8, 4) is 0 Å². The Morgan fingerprint density at radius 2 is 2.00 bits per heavy atom. The molecule has 6 heteroatoms. The van der Waals surface area contributed by atoms with Crippen molar-refractivity contribution in [2.24, 2.45) is 5.73 Å². The number of halogens is 2. The van der Waals surface area contributed by atoms with Gasteiger partial charge in [-0.2, -0.15) is 0 Å². The van der Waals surface area contributed by atoms with Crippen molar-refractivity contribution < 1.29 is 9.90 Å². The van der Waals surface area contributed by atoms with Crippen LogP contribution in [0.3, 0.4) is 0 Å². The Balaban J connectivity index is 0. The average molecular weight is 267 g/mol. The molecule has 0 heterocycles. The zero-order chi connectivity index (χ0) is 10.8. The summed E-state index contributed by atoms with van der Waals surface area (Å²) in [5.74, 6) is -0.919. The number of hydrogen-bond donors (Lipinski definition) is 3. The quantitative estimate of drug-likeness (QED) is 0.728. The van der Waals surface area contributed by atoms with E-state index in [1.165, 1.54) is 0 Å². The number of rotatable bonds is 3. The second-order valence-corrected chi connectivity index (χ2v) is 3.61. The minimum atomic E-state index is -0.919. The van der Waals surface area contributed by atoms with E-state index in [1.54, 1.807) is 31.2 Å². The standard InChI is InChI=1S/C10H14N2O2.2ClH/c1-10(12,6-9(13)14)7-3-2-4-8(11)5-7;;/h2-5H,6,11-12H2,1H3,(H,13,14);2*1H. The van der Waals surface area contributed by atoms with E-state index in [-0.39, 0.29) is 31.2 Å². The molecule has 16 heavy (non-hydrogen) atoms. The predicted molar refractivity (Wildman–Crippen MR) is 69.1 cm³/mol. The van der Waals surface area contributed by atoms with E-state index in [1.807, 2.05) is 0 Å². The third kappa shape index (κ3) is 4.70. The molecule has 1 unspecified atom stereocenters. The minimum Gasteiger partial charge on any atom is -0.481 e. The van der Waals surface area contributed by atoms with Crippen molar-refractivity contribution in [1.29, 1.82) is 0 Å². The van der Waals surface area contributed by atoms with Crippen LogP contribution in [0.15, 0.2) is 24.3 Å². The number of carboxylic acid groups (broad SMARTS) is 1. The van der Waals surface area contributed by atoms with Crippen LogP contribution in [0, 0.1) is 0 Å². The van der Waals surface area contributed by atoms with Gasteiger partial charge in [-0.1, -0.05) is 12.1 Å². The number of hydrogen-bond acceptors (Lipinski definition) is 3. The van der Waals surface area contributed by atoms with Crippen LogP contribution < -0.4 is 11.5 Å². The van der Waals surface area contributed by atoms with Gasteiger partial charge < -0.3 is 16.6 Å². The first kappa shape index (κ1) is 17.4. The Hall–Kier alpha value is -0.970. The normalized spacial score (nSPS) is 12.9. The summed E-state index contributed by atoms with van der Waals surface area (Å²) >= 11 is 0. The van der Waals surface area contributed by atoms with Gasteiger partial charge in [0.1, 0.15) is 0 Å². The minimum absolute atomic E-state index is 0. The Morgan fingerprint density at radius 1 is 1.44 bits per heavy atom. The van der Waals surface area contributed by atoms with Crippen molar-refractivity contribution in [1.82, 2.24) is 0 Å². The van der Waals surface area contributed by atoms with E-state index < -0.39 is 11.5 Å². The second-order valence-electron chi connectivity index (χ2n) is 3.61. The van der Waals surface area contributed by atoms with Gasteiger partial charge >= 0.3 is 5.97 Å². The van der Waals surface area contributed by atoms with Gasteiger partial charge in [0, 0.05) is 11.2 Å². The van der Waals surface area contributed by atoms with Gasteiger partial charge in [0.05, 0.1) is 6.42 Å². The van der Waals surface area contributed by atoms with Crippen molar-refractivity contribution in [2.45, 2.75) is 18.9 Å². The van der Waals surface area contributed by atoms with Gasteiger partial charge in [0.25, 0.3) is 0 Å². The molecule has 0 amide bonds. The Morgan fingerprint density at radius 3 is 2.44 bits per heavy atom. The first-order valence-corrected chi connectivity index (χ1v) is 4.28. The zero-order valence-corrected chi connectivity index (χ0v) is 10.5. The molecule has 0 aliphatic heterocycles. The highest BCUT2D eigenvalue weighted by Gasteiger charge is 2.24. The molecule has 1 atom stereocenters. The van der Waals surface area contributed by atoms with Gasteiger partial charge in [-0.25, -0.2) is 0 Å². The van der Waals surface area contributed by atoms with Crippen LogP contribution in [0.1, 0.15) is 18.9 Å². The lowest BCUT2D eigenvalue weighted by atomic mass is 9.89. The van der Waals surface area contributed by atoms with E-state index in [0.717, 1.165) is 5.56 Å². The van der Waals surface area contributed by atoms with Gasteiger partial charge in [0.15, 0.2) is 0 Å². The predicted octanol–water partition coefficient (Wildman–Crippen LogP) is 1.76. The molecule has 0 aromatic heterocycles. The fourth-order valence-electron chi connectivity index (χ4n) is 1.31. The summed E-state index contributed by atoms with van der Waals surface area (Å²) in [7, 11) is 0. The van der Waals surface area contributed by atoms with Crippen molar-refractivity contribution in [3.05, 3.63) is 29.8 Å². The van der Waals surface area contributed by atoms with Gasteiger partial charge in [-0.3, -0.25) is 4.79 Å². The second kappa shape index (κ2) is 6.58. The van der Waals surface area contributed by atoms with Crippen LogP contribution in [-0.2, 0) is 10.3 Å². The first-order valence-electron chi connectivity index (χ1n) is 4.28. The van der Waals surface area contributed by atoms with Crippen LogP contribution in [-0.4, -0.2) is 11.1 Å². The average Bonchev–Trinajstić information content (AvgIpc) is 2.01. The number of aliphatic carboxylic acids is 1. The summed E-state index contributed by atoms with van der Waals surface area (Å²) in [5.41, 5.74) is 11.9. The first-order chi connectivity index (χ1) is 6.42. The monoisotopic (exact) mass is 266 g/mol. The number of carboxylic acids is 1. The lowest BCUT2D eigenvalue weighted by Crippen LogP contribution is -2.35. The van der Waals surface area contributed by atoms with E-state index in [2.05, 4.69) is 0 Å². The molecule has 1 aromatic rings. The number of benzene rings is 1. The summed E-state index contributed by atoms with van der Waals surface area (Å²) in [6.45, 7) is 1.68. The molecule has 0 bridgehead atoms. The molecule has 0 aliphatic carbocycles. The Kier molecular flexibility index (Phi) is 7.16. The molecular weight excluding hydrogens is 251 g/mol. The molecule has 5 N–H and O–H groups in total. The van der Waals surface area contributed by atoms with Crippen LogP contribution in [0.2, 0.25) is 0 Å². The molecule has 0 radical (unpaired) electrons. The van der Waals surface area contributed by atoms with Crippen molar-refractivity contribution >= 4 is 36.5 Å². The molecule has 0 saturated carbocycles. The summed E-state index contributed by atoms with van der Waals surface area (Å²) in [6.07, 6.45) is -0.115. The lowest BCUT2D eigenvalue weighted by molar-refractivity contribution is -0.138. The molecule has 0 saturated heterocycles. The molecule has 1 aromatic carbocycles. The van der Waals surface area contributed by atoms with E-state index >= 15 is 0 Å². The van der Waals surface area contributed by atoms with E-state index in [4.69, 9.17) is 16.6 Å². The zero-order valence-electron chi connectivity index (χ0n) is 8.84. The molecule has 0 spiro atoms. The topological polar surface area (TPSA) is 89.3 Å². The molecule has 4 nitrogen and oxygen atoms in total. The SMILES string of the molecule is CC(N)(CC(=O)O)c1cccc(N)c1.Cl.Cl. The Bertz CT molecular complexity index is 356. The summed E-state index contributed by atoms with van der Waals surface area (Å²) in [4.78, 5) is 10.6. The summed E-state index contributed by atoms with van der Waals surface area (Å²) in [5, 5.41) is 8.67. The van der Waals surface area contributed by atoms with Gasteiger partial charge in [-0.05, 0) is 24.6 Å². The van der Waals surface area contributed by atoms with Crippen molar-refractivity contribution in [3.63, 3.8) is 0 Å². The van der Waals surface area contributed by atoms with Crippen LogP contribution in [0.5, 0.6) is 0 Å². The van der Waals surface area contributed by atoms with E-state index in [0.29, 0.717) is 5.69 Å². The maximum absolute atomic E-state index is 10.6. The van der Waals surface area contributed by atoms with E-state index in [9.17, 15) is 4.79 Å². The highest BCUT2D eigenvalue weighted by Crippen LogP contribution is 2.22. The number of carbonyl (C=O) groups is 1. The van der Waals surface area contributed by atoms with Gasteiger partial charge in [-0.15, -0.1) is 24.8 Å². The number of nitrogens with two attached hydrogens (primary N) is 2. The fraction of sp³-hybridized carbons (Fsp3) is 0.300. The fourth-order valence-corrected chi connectivity index (χ4v) is 1.31. The molecule has 92 valence electrons. The third-order valence-corrected chi connectivity index (χ3v) is 2.06. The molecular formula is C10H16Cl2N2O2. The van der Waals surface area contributed by atoms with Crippen LogP contribution in [0.4, 0.5) is 5.69 Å². The lowest BCUT2D eigenvalue weighted by Gasteiger charge is -2.23. The number of anilines is 1. The molecule has 0 aliphatic rings. The van der Waals surface area contributed by atoms with Crippen LogP contribution >= 0.6 is 24.8 Å². The number of nitrogen functional groups attached to an aromatic ring is 1. The largest absolute Gasteiger partial charge is 0.481 e. The maximum atomic E-state index is 10.6. The Labute approximate surface area is 107 Å². The molecule has 0 fully saturated rings.